The van der Waals surface area contributed by atoms with E-state index in [-0.39, 0.29) is 0 Å². The standard InChI is InChI=1S/C12H18Br2N2/c1-4-9(3)8-16(5-2)12-11(14)6-10(13)7-15-12/h6-7,9H,4-5,8H2,1-3H3. The quantitative estimate of drug-likeness (QED) is 0.779. The first-order chi connectivity index (χ1) is 7.58. The van der Waals surface area contributed by atoms with Crippen LogP contribution in [0.25, 0.3) is 0 Å². The third-order valence-corrected chi connectivity index (χ3v) is 3.72. The normalized spacial score (nSPS) is 12.6. The molecular formula is C12H18Br2N2. The molecule has 4 heteroatoms. The van der Waals surface area contributed by atoms with E-state index in [2.05, 4.69) is 62.5 Å². The molecule has 0 aliphatic carbocycles. The first-order valence-electron chi connectivity index (χ1n) is 5.64. The fourth-order valence-corrected chi connectivity index (χ4v) is 2.75. The van der Waals surface area contributed by atoms with Gasteiger partial charge in [0.15, 0.2) is 0 Å². The van der Waals surface area contributed by atoms with Gasteiger partial charge in [0.1, 0.15) is 5.82 Å². The Morgan fingerprint density at radius 1 is 1.38 bits per heavy atom. The van der Waals surface area contributed by atoms with Crippen LogP contribution in [-0.4, -0.2) is 18.1 Å². The fraction of sp³-hybridized carbons (Fsp3) is 0.583. The van der Waals surface area contributed by atoms with Crippen molar-refractivity contribution < 1.29 is 0 Å². The lowest BCUT2D eigenvalue weighted by molar-refractivity contribution is 0.545. The monoisotopic (exact) mass is 348 g/mol. The molecule has 0 aliphatic rings. The molecule has 0 fully saturated rings. The summed E-state index contributed by atoms with van der Waals surface area (Å²) in [4.78, 5) is 6.78. The molecule has 1 atom stereocenters. The molecule has 90 valence electrons. The molecular weight excluding hydrogens is 332 g/mol. The minimum absolute atomic E-state index is 0.692. The highest BCUT2D eigenvalue weighted by Gasteiger charge is 2.12. The summed E-state index contributed by atoms with van der Waals surface area (Å²) in [6.07, 6.45) is 3.05. The molecule has 16 heavy (non-hydrogen) atoms. The van der Waals surface area contributed by atoms with E-state index < -0.39 is 0 Å². The van der Waals surface area contributed by atoms with Crippen molar-refractivity contribution >= 4 is 37.7 Å². The summed E-state index contributed by atoms with van der Waals surface area (Å²) in [6.45, 7) is 8.70. The lowest BCUT2D eigenvalue weighted by Gasteiger charge is -2.26. The van der Waals surface area contributed by atoms with E-state index >= 15 is 0 Å². The van der Waals surface area contributed by atoms with Crippen LogP contribution < -0.4 is 4.90 Å². The number of pyridine rings is 1. The van der Waals surface area contributed by atoms with Crippen molar-refractivity contribution in [2.75, 3.05) is 18.0 Å². The smallest absolute Gasteiger partial charge is 0.142 e. The second kappa shape index (κ2) is 6.60. The Bertz CT molecular complexity index is 342. The molecule has 1 aromatic rings. The minimum Gasteiger partial charge on any atom is -0.356 e. The SMILES string of the molecule is CCC(C)CN(CC)c1ncc(Br)cc1Br. The molecule has 0 bridgehead atoms. The molecule has 1 unspecified atom stereocenters. The number of halogens is 2. The summed E-state index contributed by atoms with van der Waals surface area (Å²) in [6, 6.07) is 2.04. The Morgan fingerprint density at radius 2 is 2.06 bits per heavy atom. The van der Waals surface area contributed by atoms with Crippen LogP contribution >= 0.6 is 31.9 Å². The van der Waals surface area contributed by atoms with Crippen LogP contribution in [0.15, 0.2) is 21.2 Å². The summed E-state index contributed by atoms with van der Waals surface area (Å²) in [5.41, 5.74) is 0. The summed E-state index contributed by atoms with van der Waals surface area (Å²) in [5.74, 6) is 1.73. The Morgan fingerprint density at radius 3 is 2.56 bits per heavy atom. The van der Waals surface area contributed by atoms with Crippen LogP contribution in [0, 0.1) is 5.92 Å². The predicted octanol–water partition coefficient (Wildman–Crippen LogP) is 4.48. The van der Waals surface area contributed by atoms with E-state index in [0.717, 1.165) is 27.9 Å². The van der Waals surface area contributed by atoms with Crippen molar-refractivity contribution in [3.8, 4) is 0 Å². The second-order valence-corrected chi connectivity index (χ2v) is 5.78. The Kier molecular flexibility index (Phi) is 5.76. The lowest BCUT2D eigenvalue weighted by atomic mass is 10.1. The van der Waals surface area contributed by atoms with Gasteiger partial charge in [0.25, 0.3) is 0 Å². The van der Waals surface area contributed by atoms with Gasteiger partial charge in [-0.3, -0.25) is 0 Å². The first kappa shape index (κ1) is 14.0. The number of anilines is 1. The molecule has 0 N–H and O–H groups in total. The van der Waals surface area contributed by atoms with Crippen LogP contribution in [-0.2, 0) is 0 Å². The van der Waals surface area contributed by atoms with Crippen molar-refractivity contribution in [2.45, 2.75) is 27.2 Å². The maximum absolute atomic E-state index is 4.47. The van der Waals surface area contributed by atoms with Crippen molar-refractivity contribution in [3.63, 3.8) is 0 Å². The van der Waals surface area contributed by atoms with Crippen molar-refractivity contribution in [2.24, 2.45) is 5.92 Å². The average molecular weight is 350 g/mol. The zero-order valence-corrected chi connectivity index (χ0v) is 13.2. The molecule has 0 aliphatic heterocycles. The first-order valence-corrected chi connectivity index (χ1v) is 7.23. The molecule has 1 heterocycles. The Labute approximate surface area is 115 Å². The van der Waals surface area contributed by atoms with Gasteiger partial charge in [0.05, 0.1) is 4.47 Å². The van der Waals surface area contributed by atoms with Crippen LogP contribution in [0.4, 0.5) is 5.82 Å². The highest BCUT2D eigenvalue weighted by Crippen LogP contribution is 2.27. The van der Waals surface area contributed by atoms with Gasteiger partial charge in [0, 0.05) is 23.8 Å². The van der Waals surface area contributed by atoms with Gasteiger partial charge >= 0.3 is 0 Å². The fourth-order valence-electron chi connectivity index (χ4n) is 1.51. The average Bonchev–Trinajstić information content (AvgIpc) is 2.26. The molecule has 0 saturated heterocycles. The van der Waals surface area contributed by atoms with E-state index in [4.69, 9.17) is 0 Å². The Hall–Kier alpha value is -0.0900. The van der Waals surface area contributed by atoms with Gasteiger partial charge in [-0.2, -0.15) is 0 Å². The topological polar surface area (TPSA) is 16.1 Å². The number of aromatic nitrogens is 1. The third-order valence-electron chi connectivity index (χ3n) is 2.70. The number of nitrogens with zero attached hydrogens (tertiary/aromatic N) is 2. The van der Waals surface area contributed by atoms with Crippen LogP contribution in [0.3, 0.4) is 0 Å². The molecule has 0 aromatic carbocycles. The van der Waals surface area contributed by atoms with E-state index in [0.29, 0.717) is 5.92 Å². The van der Waals surface area contributed by atoms with Crippen LogP contribution in [0.1, 0.15) is 27.2 Å². The maximum atomic E-state index is 4.47. The van der Waals surface area contributed by atoms with Gasteiger partial charge in [-0.05, 0) is 50.8 Å². The molecule has 2 nitrogen and oxygen atoms in total. The lowest BCUT2D eigenvalue weighted by Crippen LogP contribution is -2.29. The largest absolute Gasteiger partial charge is 0.356 e. The third kappa shape index (κ3) is 3.74. The maximum Gasteiger partial charge on any atom is 0.142 e. The van der Waals surface area contributed by atoms with E-state index in [9.17, 15) is 0 Å². The second-order valence-electron chi connectivity index (χ2n) is 4.01. The van der Waals surface area contributed by atoms with Crippen molar-refractivity contribution in [3.05, 3.63) is 21.2 Å². The molecule has 1 rings (SSSR count). The van der Waals surface area contributed by atoms with Gasteiger partial charge in [0.2, 0.25) is 0 Å². The summed E-state index contributed by atoms with van der Waals surface area (Å²) in [5, 5.41) is 0. The number of hydrogen-bond donors (Lipinski definition) is 0. The minimum atomic E-state index is 0.692. The zero-order valence-electron chi connectivity index (χ0n) is 10.0. The molecule has 0 saturated carbocycles. The van der Waals surface area contributed by atoms with Crippen LogP contribution in [0.5, 0.6) is 0 Å². The number of hydrogen-bond acceptors (Lipinski definition) is 2. The van der Waals surface area contributed by atoms with E-state index in [1.807, 2.05) is 12.3 Å². The highest BCUT2D eigenvalue weighted by atomic mass is 79.9. The van der Waals surface area contributed by atoms with Gasteiger partial charge in [-0.1, -0.05) is 20.3 Å². The predicted molar refractivity (Wildman–Crippen MR) is 77.0 cm³/mol. The van der Waals surface area contributed by atoms with Gasteiger partial charge < -0.3 is 4.90 Å². The van der Waals surface area contributed by atoms with Crippen molar-refractivity contribution in [1.29, 1.82) is 0 Å². The van der Waals surface area contributed by atoms with E-state index in [1.165, 1.54) is 6.42 Å². The molecule has 1 aromatic heterocycles. The molecule has 0 amide bonds. The van der Waals surface area contributed by atoms with Gasteiger partial charge in [-0.25, -0.2) is 4.98 Å². The summed E-state index contributed by atoms with van der Waals surface area (Å²) >= 11 is 6.99. The van der Waals surface area contributed by atoms with Gasteiger partial charge in [-0.15, -0.1) is 0 Å². The Balaban J connectivity index is 2.86. The molecule has 0 spiro atoms. The molecule has 0 radical (unpaired) electrons. The van der Waals surface area contributed by atoms with Crippen molar-refractivity contribution in [1.82, 2.24) is 4.98 Å². The highest BCUT2D eigenvalue weighted by molar-refractivity contribution is 9.11. The zero-order chi connectivity index (χ0) is 12.1. The van der Waals surface area contributed by atoms with Crippen LogP contribution in [0.2, 0.25) is 0 Å². The van der Waals surface area contributed by atoms with E-state index in [1.54, 1.807) is 0 Å². The summed E-state index contributed by atoms with van der Waals surface area (Å²) in [7, 11) is 0. The summed E-state index contributed by atoms with van der Waals surface area (Å²) < 4.78 is 2.05. The number of rotatable bonds is 5.